The van der Waals surface area contributed by atoms with Crippen molar-refractivity contribution in [1.82, 2.24) is 19.5 Å². The number of amides is 1. The van der Waals surface area contributed by atoms with Crippen molar-refractivity contribution < 1.29 is 9.90 Å². The van der Waals surface area contributed by atoms with Gasteiger partial charge in [0.1, 0.15) is 0 Å². The number of carbonyl (C=O) groups is 1. The number of carboxylic acid groups (broad SMARTS) is 1. The molecule has 1 aliphatic heterocycles. The first-order valence-electron chi connectivity index (χ1n) is 5.07. The van der Waals surface area contributed by atoms with Gasteiger partial charge in [0.15, 0.2) is 5.65 Å². The molecule has 2 aromatic heterocycles. The molecule has 3 rings (SSSR count). The minimum atomic E-state index is -0.938. The highest BCUT2D eigenvalue weighted by molar-refractivity contribution is 6.31. The molecular formula is C10H9ClN4O2. The summed E-state index contributed by atoms with van der Waals surface area (Å²) < 4.78 is 1.67. The minimum absolute atomic E-state index is 0.311. The highest BCUT2D eigenvalue weighted by atomic mass is 35.5. The molecule has 0 bridgehead atoms. The van der Waals surface area contributed by atoms with Crippen molar-refractivity contribution in [2.75, 3.05) is 0 Å². The Kier molecular flexibility index (Phi) is 2.03. The molecule has 6 nitrogen and oxygen atoms in total. The molecule has 0 aliphatic carbocycles. The van der Waals surface area contributed by atoms with Gasteiger partial charge in [-0.25, -0.2) is 14.3 Å². The molecule has 0 unspecified atom stereocenters. The Bertz CT molecular complexity index is 637. The first kappa shape index (κ1) is 10.3. The van der Waals surface area contributed by atoms with Gasteiger partial charge in [-0.3, -0.25) is 4.90 Å². The first-order valence-corrected chi connectivity index (χ1v) is 5.45. The standard InChI is InChI=1S/C10H9ClN4O2/c1-5-7(11)2-12-9-6-3-14(10(16)17)4-8(6)13-15(5)9/h2H,3-4H2,1H3,(H,16,17). The third-order valence-electron chi connectivity index (χ3n) is 2.96. The Morgan fingerprint density at radius 2 is 2.29 bits per heavy atom. The SMILES string of the molecule is Cc1c(Cl)cnc2c3c(nn12)CN(C(=O)O)C3. The van der Waals surface area contributed by atoms with Crippen LogP contribution in [0.1, 0.15) is 17.0 Å². The zero-order chi connectivity index (χ0) is 12.2. The second-order valence-electron chi connectivity index (χ2n) is 3.99. The number of aryl methyl sites for hydroxylation is 1. The highest BCUT2D eigenvalue weighted by Crippen LogP contribution is 2.27. The Hall–Kier alpha value is -1.82. The van der Waals surface area contributed by atoms with Crippen LogP contribution in [0.4, 0.5) is 4.79 Å². The zero-order valence-electron chi connectivity index (χ0n) is 9.01. The summed E-state index contributed by atoms with van der Waals surface area (Å²) in [4.78, 5) is 16.4. The van der Waals surface area contributed by atoms with E-state index in [-0.39, 0.29) is 0 Å². The van der Waals surface area contributed by atoms with E-state index in [0.717, 1.165) is 17.0 Å². The van der Waals surface area contributed by atoms with E-state index >= 15 is 0 Å². The number of hydrogen-bond donors (Lipinski definition) is 1. The average Bonchev–Trinajstić information content (AvgIpc) is 2.81. The summed E-state index contributed by atoms with van der Waals surface area (Å²) in [5.41, 5.74) is 3.12. The second kappa shape index (κ2) is 3.33. The number of halogens is 1. The number of hydrogen-bond acceptors (Lipinski definition) is 3. The molecule has 0 radical (unpaired) electrons. The molecule has 0 aromatic carbocycles. The van der Waals surface area contributed by atoms with Crippen molar-refractivity contribution in [3.8, 4) is 0 Å². The summed E-state index contributed by atoms with van der Waals surface area (Å²) in [6, 6.07) is 0. The molecule has 2 aromatic rings. The third kappa shape index (κ3) is 1.37. The monoisotopic (exact) mass is 252 g/mol. The van der Waals surface area contributed by atoms with Gasteiger partial charge in [-0.15, -0.1) is 0 Å². The Labute approximate surface area is 101 Å². The normalized spacial score (nSPS) is 14.4. The van der Waals surface area contributed by atoms with Crippen molar-refractivity contribution in [2.24, 2.45) is 0 Å². The van der Waals surface area contributed by atoms with Crippen LogP contribution in [0.25, 0.3) is 5.65 Å². The van der Waals surface area contributed by atoms with Crippen LogP contribution in [0.3, 0.4) is 0 Å². The van der Waals surface area contributed by atoms with Crippen LogP contribution in [-0.4, -0.2) is 30.7 Å². The summed E-state index contributed by atoms with van der Waals surface area (Å²) >= 11 is 5.96. The number of rotatable bonds is 0. The molecule has 17 heavy (non-hydrogen) atoms. The molecule has 1 amide bonds. The largest absolute Gasteiger partial charge is 0.465 e. The Balaban J connectivity index is 2.17. The molecule has 1 N–H and O–H groups in total. The second-order valence-corrected chi connectivity index (χ2v) is 4.40. The van der Waals surface area contributed by atoms with Gasteiger partial charge in [0.2, 0.25) is 0 Å². The molecule has 0 saturated heterocycles. The van der Waals surface area contributed by atoms with Crippen LogP contribution in [0.5, 0.6) is 0 Å². The van der Waals surface area contributed by atoms with E-state index in [9.17, 15) is 4.79 Å². The zero-order valence-corrected chi connectivity index (χ0v) is 9.77. The molecule has 88 valence electrons. The molecule has 0 fully saturated rings. The fourth-order valence-electron chi connectivity index (χ4n) is 2.02. The predicted molar refractivity (Wildman–Crippen MR) is 60.0 cm³/mol. The van der Waals surface area contributed by atoms with Crippen LogP contribution in [0.15, 0.2) is 6.20 Å². The molecule has 0 atom stereocenters. The predicted octanol–water partition coefficient (Wildman–Crippen LogP) is 1.68. The van der Waals surface area contributed by atoms with Gasteiger partial charge in [-0.05, 0) is 6.92 Å². The fraction of sp³-hybridized carbons (Fsp3) is 0.300. The summed E-state index contributed by atoms with van der Waals surface area (Å²) in [7, 11) is 0. The van der Waals surface area contributed by atoms with Crippen molar-refractivity contribution in [2.45, 2.75) is 20.0 Å². The van der Waals surface area contributed by atoms with Crippen molar-refractivity contribution in [3.05, 3.63) is 28.2 Å². The van der Waals surface area contributed by atoms with Gasteiger partial charge in [-0.1, -0.05) is 11.6 Å². The lowest BCUT2D eigenvalue weighted by Crippen LogP contribution is -2.23. The Morgan fingerprint density at radius 3 is 3.00 bits per heavy atom. The smallest absolute Gasteiger partial charge is 0.407 e. The number of nitrogens with zero attached hydrogens (tertiary/aromatic N) is 4. The molecule has 7 heteroatoms. The van der Waals surface area contributed by atoms with Gasteiger partial charge in [0.25, 0.3) is 0 Å². The minimum Gasteiger partial charge on any atom is -0.465 e. The maximum atomic E-state index is 10.9. The summed E-state index contributed by atoms with van der Waals surface area (Å²) in [5, 5.41) is 13.8. The lowest BCUT2D eigenvalue weighted by molar-refractivity contribution is 0.144. The topological polar surface area (TPSA) is 70.7 Å². The molecular weight excluding hydrogens is 244 g/mol. The van der Waals surface area contributed by atoms with Crippen molar-refractivity contribution >= 4 is 23.3 Å². The van der Waals surface area contributed by atoms with Crippen LogP contribution in [0, 0.1) is 6.92 Å². The van der Waals surface area contributed by atoms with Gasteiger partial charge < -0.3 is 5.11 Å². The molecule has 0 spiro atoms. The summed E-state index contributed by atoms with van der Waals surface area (Å²) in [5.74, 6) is 0. The van der Waals surface area contributed by atoms with Crippen molar-refractivity contribution in [1.29, 1.82) is 0 Å². The van der Waals surface area contributed by atoms with E-state index in [4.69, 9.17) is 16.7 Å². The van der Waals surface area contributed by atoms with Crippen LogP contribution in [-0.2, 0) is 13.1 Å². The van der Waals surface area contributed by atoms with Gasteiger partial charge in [0, 0.05) is 11.8 Å². The lowest BCUT2D eigenvalue weighted by Gasteiger charge is -2.10. The van der Waals surface area contributed by atoms with Gasteiger partial charge >= 0.3 is 6.09 Å². The van der Waals surface area contributed by atoms with Gasteiger partial charge in [0.05, 0.1) is 29.5 Å². The van der Waals surface area contributed by atoms with E-state index < -0.39 is 6.09 Å². The fourth-order valence-corrected chi connectivity index (χ4v) is 2.14. The maximum absolute atomic E-state index is 10.9. The third-order valence-corrected chi connectivity index (χ3v) is 3.33. The lowest BCUT2D eigenvalue weighted by atomic mass is 10.3. The van der Waals surface area contributed by atoms with Crippen LogP contribution < -0.4 is 0 Å². The van der Waals surface area contributed by atoms with Crippen LogP contribution in [0.2, 0.25) is 5.02 Å². The molecule has 1 aliphatic rings. The van der Waals surface area contributed by atoms with E-state index in [0.29, 0.717) is 23.8 Å². The van der Waals surface area contributed by atoms with E-state index in [1.165, 1.54) is 4.90 Å². The quantitative estimate of drug-likeness (QED) is 0.774. The van der Waals surface area contributed by atoms with Crippen molar-refractivity contribution in [3.63, 3.8) is 0 Å². The first-order chi connectivity index (χ1) is 8.08. The number of fused-ring (bicyclic) bond motifs is 3. The maximum Gasteiger partial charge on any atom is 0.407 e. The van der Waals surface area contributed by atoms with Gasteiger partial charge in [-0.2, -0.15) is 5.10 Å². The summed E-state index contributed by atoms with van der Waals surface area (Å²) in [6.07, 6.45) is 0.629. The molecule has 0 saturated carbocycles. The van der Waals surface area contributed by atoms with E-state index in [2.05, 4.69) is 10.1 Å². The Morgan fingerprint density at radius 1 is 1.53 bits per heavy atom. The average molecular weight is 253 g/mol. The number of aromatic nitrogens is 3. The van der Waals surface area contributed by atoms with E-state index in [1.807, 2.05) is 6.92 Å². The van der Waals surface area contributed by atoms with Crippen LogP contribution >= 0.6 is 11.6 Å². The van der Waals surface area contributed by atoms with E-state index in [1.54, 1.807) is 10.7 Å². The highest BCUT2D eigenvalue weighted by Gasteiger charge is 2.28. The summed E-state index contributed by atoms with van der Waals surface area (Å²) in [6.45, 7) is 2.50. The molecule has 3 heterocycles.